The van der Waals surface area contributed by atoms with Crippen molar-refractivity contribution in [3.8, 4) is 0 Å². The first-order valence-corrected chi connectivity index (χ1v) is 4.63. The summed E-state index contributed by atoms with van der Waals surface area (Å²) in [6, 6.07) is 3.46. The minimum atomic E-state index is -1.03. The molecule has 0 saturated heterocycles. The second-order valence-electron chi connectivity index (χ2n) is 2.81. The van der Waals surface area contributed by atoms with E-state index in [1.807, 2.05) is 6.92 Å². The smallest absolute Gasteiger partial charge is 0.328 e. The largest absolute Gasteiger partial charge is 0.478 e. The molecular weight excluding hydrogens is 223 g/mol. The van der Waals surface area contributed by atoms with Gasteiger partial charge in [0.25, 0.3) is 0 Å². The van der Waals surface area contributed by atoms with Gasteiger partial charge in [0.2, 0.25) is 0 Å². The molecule has 0 saturated carbocycles. The highest BCUT2D eigenvalue weighted by molar-refractivity contribution is 6.37. The number of aryl methyl sites for hydroxylation is 1. The molecule has 0 aliphatic carbocycles. The van der Waals surface area contributed by atoms with Crippen LogP contribution in [0.5, 0.6) is 0 Å². The number of benzene rings is 1. The molecular formula is C10H8Cl2O2. The van der Waals surface area contributed by atoms with Crippen molar-refractivity contribution in [1.82, 2.24) is 0 Å². The van der Waals surface area contributed by atoms with Crippen LogP contribution < -0.4 is 0 Å². The SMILES string of the molecule is Cc1cc(Cl)c(C=CC(=O)O)c(Cl)c1. The van der Waals surface area contributed by atoms with Crippen molar-refractivity contribution in [2.75, 3.05) is 0 Å². The molecule has 0 unspecified atom stereocenters. The molecule has 1 aromatic carbocycles. The molecule has 0 bridgehead atoms. The van der Waals surface area contributed by atoms with Gasteiger partial charge in [0.05, 0.1) is 0 Å². The fourth-order valence-corrected chi connectivity index (χ4v) is 1.75. The molecule has 74 valence electrons. The normalized spacial score (nSPS) is 10.8. The lowest BCUT2D eigenvalue weighted by molar-refractivity contribution is -0.131. The molecule has 0 radical (unpaired) electrons. The monoisotopic (exact) mass is 230 g/mol. The highest BCUT2D eigenvalue weighted by atomic mass is 35.5. The van der Waals surface area contributed by atoms with Crippen LogP contribution in [-0.4, -0.2) is 11.1 Å². The minimum Gasteiger partial charge on any atom is -0.478 e. The van der Waals surface area contributed by atoms with E-state index in [-0.39, 0.29) is 0 Å². The summed E-state index contributed by atoms with van der Waals surface area (Å²) >= 11 is 11.8. The number of carboxylic acids is 1. The standard InChI is InChI=1S/C10H8Cl2O2/c1-6-4-8(11)7(9(12)5-6)2-3-10(13)14/h2-5H,1H3,(H,13,14). The van der Waals surface area contributed by atoms with E-state index in [1.165, 1.54) is 6.08 Å². The summed E-state index contributed by atoms with van der Waals surface area (Å²) in [6.07, 6.45) is 2.38. The van der Waals surface area contributed by atoms with Crippen molar-refractivity contribution >= 4 is 35.2 Å². The van der Waals surface area contributed by atoms with E-state index in [9.17, 15) is 4.79 Å². The van der Waals surface area contributed by atoms with E-state index < -0.39 is 5.97 Å². The molecule has 2 nitrogen and oxygen atoms in total. The Labute approximate surface area is 91.8 Å². The molecule has 0 fully saturated rings. The molecule has 1 rings (SSSR count). The van der Waals surface area contributed by atoms with Crippen molar-refractivity contribution in [1.29, 1.82) is 0 Å². The molecule has 1 N–H and O–H groups in total. The predicted octanol–water partition coefficient (Wildman–Crippen LogP) is 3.40. The molecule has 0 aliphatic rings. The fourth-order valence-electron chi connectivity index (χ4n) is 1.02. The zero-order valence-corrected chi connectivity index (χ0v) is 8.93. The second kappa shape index (κ2) is 4.49. The highest BCUT2D eigenvalue weighted by Gasteiger charge is 2.03. The third-order valence-electron chi connectivity index (χ3n) is 1.62. The number of hydrogen-bond donors (Lipinski definition) is 1. The van der Waals surface area contributed by atoms with Gasteiger partial charge in [0.15, 0.2) is 0 Å². The lowest BCUT2D eigenvalue weighted by Gasteiger charge is -2.02. The summed E-state index contributed by atoms with van der Waals surface area (Å²) in [5.74, 6) is -1.03. The molecule has 0 aromatic heterocycles. The van der Waals surface area contributed by atoms with Gasteiger partial charge < -0.3 is 5.11 Å². The zero-order valence-electron chi connectivity index (χ0n) is 7.42. The maximum Gasteiger partial charge on any atom is 0.328 e. The van der Waals surface area contributed by atoms with Crippen LogP contribution in [0.4, 0.5) is 0 Å². The van der Waals surface area contributed by atoms with Crippen LogP contribution in [0.2, 0.25) is 10.0 Å². The van der Waals surface area contributed by atoms with Crippen molar-refractivity contribution in [3.05, 3.63) is 39.4 Å². The van der Waals surface area contributed by atoms with Gasteiger partial charge in [-0.15, -0.1) is 0 Å². The summed E-state index contributed by atoms with van der Waals surface area (Å²) < 4.78 is 0. The maximum absolute atomic E-state index is 10.3. The maximum atomic E-state index is 10.3. The van der Waals surface area contributed by atoms with Crippen LogP contribution in [0, 0.1) is 6.92 Å². The zero-order chi connectivity index (χ0) is 10.7. The van der Waals surface area contributed by atoms with E-state index in [0.717, 1.165) is 11.6 Å². The Kier molecular flexibility index (Phi) is 3.55. The predicted molar refractivity (Wildman–Crippen MR) is 57.9 cm³/mol. The van der Waals surface area contributed by atoms with Gasteiger partial charge >= 0.3 is 5.97 Å². The van der Waals surface area contributed by atoms with Crippen molar-refractivity contribution in [2.45, 2.75) is 6.92 Å². The third-order valence-corrected chi connectivity index (χ3v) is 2.24. The van der Waals surface area contributed by atoms with Crippen LogP contribution in [0.3, 0.4) is 0 Å². The number of rotatable bonds is 2. The average molecular weight is 231 g/mol. The van der Waals surface area contributed by atoms with Gasteiger partial charge in [-0.1, -0.05) is 23.2 Å². The summed E-state index contributed by atoms with van der Waals surface area (Å²) in [7, 11) is 0. The first-order valence-electron chi connectivity index (χ1n) is 3.87. The molecule has 4 heteroatoms. The van der Waals surface area contributed by atoms with Crippen LogP contribution in [-0.2, 0) is 4.79 Å². The first kappa shape index (κ1) is 11.1. The Morgan fingerprint density at radius 2 is 1.86 bits per heavy atom. The van der Waals surface area contributed by atoms with E-state index in [0.29, 0.717) is 15.6 Å². The van der Waals surface area contributed by atoms with Crippen molar-refractivity contribution in [3.63, 3.8) is 0 Å². The molecule has 0 atom stereocenters. The van der Waals surface area contributed by atoms with E-state index in [2.05, 4.69) is 0 Å². The quantitative estimate of drug-likeness (QED) is 0.792. The van der Waals surface area contributed by atoms with Gasteiger partial charge in [0, 0.05) is 21.7 Å². The summed E-state index contributed by atoms with van der Waals surface area (Å²) in [5.41, 5.74) is 1.47. The minimum absolute atomic E-state index is 0.451. The molecule has 0 amide bonds. The van der Waals surface area contributed by atoms with Crippen LogP contribution in [0.1, 0.15) is 11.1 Å². The number of carbonyl (C=O) groups is 1. The Morgan fingerprint density at radius 1 is 1.36 bits per heavy atom. The lowest BCUT2D eigenvalue weighted by Crippen LogP contribution is -1.87. The topological polar surface area (TPSA) is 37.3 Å². The number of aliphatic carboxylic acids is 1. The van der Waals surface area contributed by atoms with E-state index in [4.69, 9.17) is 28.3 Å². The Bertz CT molecular complexity index is 374. The van der Waals surface area contributed by atoms with Crippen molar-refractivity contribution in [2.24, 2.45) is 0 Å². The Balaban J connectivity index is 3.15. The van der Waals surface area contributed by atoms with Gasteiger partial charge in [-0.05, 0) is 30.7 Å². The highest BCUT2D eigenvalue weighted by Crippen LogP contribution is 2.27. The van der Waals surface area contributed by atoms with Gasteiger partial charge in [-0.25, -0.2) is 4.79 Å². The van der Waals surface area contributed by atoms with E-state index in [1.54, 1.807) is 12.1 Å². The van der Waals surface area contributed by atoms with Crippen molar-refractivity contribution < 1.29 is 9.90 Å². The summed E-state index contributed by atoms with van der Waals surface area (Å²) in [4.78, 5) is 10.3. The first-order chi connectivity index (χ1) is 6.50. The molecule has 1 aromatic rings. The Morgan fingerprint density at radius 3 is 2.29 bits per heavy atom. The molecule has 0 spiro atoms. The lowest BCUT2D eigenvalue weighted by atomic mass is 10.1. The molecule has 0 aliphatic heterocycles. The number of halogens is 2. The number of carboxylic acid groups (broad SMARTS) is 1. The number of hydrogen-bond acceptors (Lipinski definition) is 1. The molecule has 0 heterocycles. The fraction of sp³-hybridized carbons (Fsp3) is 0.100. The third kappa shape index (κ3) is 2.76. The van der Waals surface area contributed by atoms with Gasteiger partial charge in [-0.3, -0.25) is 0 Å². The van der Waals surface area contributed by atoms with E-state index >= 15 is 0 Å². The van der Waals surface area contributed by atoms with Gasteiger partial charge in [-0.2, -0.15) is 0 Å². The van der Waals surface area contributed by atoms with Crippen LogP contribution >= 0.6 is 23.2 Å². The average Bonchev–Trinajstić information content (AvgIpc) is 2.01. The van der Waals surface area contributed by atoms with Crippen LogP contribution in [0.15, 0.2) is 18.2 Å². The summed E-state index contributed by atoms with van der Waals surface area (Å²) in [5, 5.41) is 9.34. The second-order valence-corrected chi connectivity index (χ2v) is 3.63. The van der Waals surface area contributed by atoms with Crippen LogP contribution in [0.25, 0.3) is 6.08 Å². The summed E-state index contributed by atoms with van der Waals surface area (Å²) in [6.45, 7) is 1.86. The Hall–Kier alpha value is -0.990. The molecule has 14 heavy (non-hydrogen) atoms. The van der Waals surface area contributed by atoms with Gasteiger partial charge in [0.1, 0.15) is 0 Å².